The largest absolute Gasteiger partial charge is 0.394 e. The van der Waals surface area contributed by atoms with Gasteiger partial charge >= 0.3 is 6.03 Å². The van der Waals surface area contributed by atoms with Crippen LogP contribution in [0.2, 0.25) is 0 Å². The second-order valence-electron chi connectivity index (χ2n) is 4.05. The number of anilines is 1. The number of rotatable bonds is 4. The molecule has 0 aliphatic carbocycles. The van der Waals surface area contributed by atoms with Crippen LogP contribution in [0.15, 0.2) is 12.4 Å². The maximum atomic E-state index is 11.6. The molecule has 0 bridgehead atoms. The highest BCUT2D eigenvalue weighted by Crippen LogP contribution is 2.09. The van der Waals surface area contributed by atoms with Gasteiger partial charge in [0.25, 0.3) is 0 Å². The van der Waals surface area contributed by atoms with E-state index in [9.17, 15) is 4.79 Å². The molecule has 0 aliphatic rings. The number of nitrogens with one attached hydrogen (secondary N) is 2. The van der Waals surface area contributed by atoms with E-state index in [1.807, 2.05) is 6.92 Å². The van der Waals surface area contributed by atoms with Crippen molar-refractivity contribution in [2.45, 2.75) is 25.8 Å². The van der Waals surface area contributed by atoms with Crippen molar-refractivity contribution in [2.75, 3.05) is 11.9 Å². The minimum Gasteiger partial charge on any atom is -0.394 e. The first-order chi connectivity index (χ1) is 7.49. The minimum absolute atomic E-state index is 0.0933. The Hall–Kier alpha value is -1.56. The Bertz CT molecular complexity index is 357. The van der Waals surface area contributed by atoms with Crippen LogP contribution in [0.4, 0.5) is 10.5 Å². The van der Waals surface area contributed by atoms with E-state index >= 15 is 0 Å². The molecule has 6 heteroatoms. The van der Waals surface area contributed by atoms with E-state index in [2.05, 4.69) is 15.7 Å². The van der Waals surface area contributed by atoms with E-state index in [1.54, 1.807) is 31.0 Å². The molecule has 2 amide bonds. The zero-order valence-corrected chi connectivity index (χ0v) is 9.82. The number of carbonyl (C=O) groups is 1. The highest BCUT2D eigenvalue weighted by molar-refractivity contribution is 5.89. The molecule has 0 saturated heterocycles. The number of aryl methyl sites for hydroxylation is 1. The molecular weight excluding hydrogens is 208 g/mol. The van der Waals surface area contributed by atoms with Crippen LogP contribution in [0.5, 0.6) is 0 Å². The molecule has 1 atom stereocenters. The Balaban J connectivity index is 2.53. The normalized spacial score (nSPS) is 14.2. The van der Waals surface area contributed by atoms with Crippen molar-refractivity contribution in [3.63, 3.8) is 0 Å². The number of aromatic nitrogens is 2. The molecule has 0 aromatic carbocycles. The summed E-state index contributed by atoms with van der Waals surface area (Å²) in [7, 11) is 1.77. The first-order valence-electron chi connectivity index (χ1n) is 5.18. The SMILES string of the molecule is CCC(C)(CO)NC(=O)Nc1cnn(C)c1. The first kappa shape index (κ1) is 12.5. The third-order valence-corrected chi connectivity index (χ3v) is 2.51. The molecule has 6 nitrogen and oxygen atoms in total. The second kappa shape index (κ2) is 4.98. The third kappa shape index (κ3) is 3.23. The summed E-state index contributed by atoms with van der Waals surface area (Å²) in [5.41, 5.74) is 0.0307. The van der Waals surface area contributed by atoms with Gasteiger partial charge in [-0.3, -0.25) is 4.68 Å². The summed E-state index contributed by atoms with van der Waals surface area (Å²) in [4.78, 5) is 11.6. The zero-order chi connectivity index (χ0) is 12.2. The Labute approximate surface area is 94.6 Å². The van der Waals surface area contributed by atoms with Gasteiger partial charge in [0.1, 0.15) is 0 Å². The average Bonchev–Trinajstić information content (AvgIpc) is 2.63. The van der Waals surface area contributed by atoms with Crippen LogP contribution in [-0.2, 0) is 7.05 Å². The molecule has 1 unspecified atom stereocenters. The summed E-state index contributed by atoms with van der Waals surface area (Å²) < 4.78 is 1.60. The van der Waals surface area contributed by atoms with E-state index in [0.717, 1.165) is 0 Å². The van der Waals surface area contributed by atoms with Gasteiger partial charge in [-0.25, -0.2) is 4.79 Å². The maximum Gasteiger partial charge on any atom is 0.319 e. The van der Waals surface area contributed by atoms with E-state index in [0.29, 0.717) is 12.1 Å². The van der Waals surface area contributed by atoms with Crippen molar-refractivity contribution < 1.29 is 9.90 Å². The summed E-state index contributed by atoms with van der Waals surface area (Å²) in [5.74, 6) is 0. The lowest BCUT2D eigenvalue weighted by atomic mass is 10.0. The smallest absolute Gasteiger partial charge is 0.319 e. The molecule has 0 spiro atoms. The summed E-state index contributed by atoms with van der Waals surface area (Å²) in [6.45, 7) is 3.60. The predicted molar refractivity (Wildman–Crippen MR) is 61.1 cm³/mol. The molecule has 0 radical (unpaired) electrons. The fourth-order valence-corrected chi connectivity index (χ4v) is 1.16. The lowest BCUT2D eigenvalue weighted by molar-refractivity contribution is 0.172. The van der Waals surface area contributed by atoms with E-state index in [1.165, 1.54) is 0 Å². The summed E-state index contributed by atoms with van der Waals surface area (Å²) in [6, 6.07) is -0.341. The maximum absolute atomic E-state index is 11.6. The van der Waals surface area contributed by atoms with E-state index in [-0.39, 0.29) is 12.6 Å². The Kier molecular flexibility index (Phi) is 3.89. The fraction of sp³-hybridized carbons (Fsp3) is 0.600. The number of urea groups is 1. The van der Waals surface area contributed by atoms with Crippen LogP contribution in [0.3, 0.4) is 0 Å². The van der Waals surface area contributed by atoms with Gasteiger partial charge in [0.15, 0.2) is 0 Å². The fourth-order valence-electron chi connectivity index (χ4n) is 1.16. The van der Waals surface area contributed by atoms with Crippen LogP contribution in [0.1, 0.15) is 20.3 Å². The number of carbonyl (C=O) groups excluding carboxylic acids is 1. The summed E-state index contributed by atoms with van der Waals surface area (Å²) >= 11 is 0. The monoisotopic (exact) mass is 226 g/mol. The van der Waals surface area contributed by atoms with E-state index in [4.69, 9.17) is 5.11 Å². The number of aliphatic hydroxyl groups excluding tert-OH is 1. The van der Waals surface area contributed by atoms with Crippen molar-refractivity contribution in [3.05, 3.63) is 12.4 Å². The Morgan fingerprint density at radius 2 is 2.38 bits per heavy atom. The number of hydrogen-bond acceptors (Lipinski definition) is 3. The number of amides is 2. The second-order valence-corrected chi connectivity index (χ2v) is 4.05. The van der Waals surface area contributed by atoms with Crippen LogP contribution in [0.25, 0.3) is 0 Å². The molecule has 16 heavy (non-hydrogen) atoms. The number of aliphatic hydroxyl groups is 1. The Morgan fingerprint density at radius 3 is 2.81 bits per heavy atom. The van der Waals surface area contributed by atoms with Crippen molar-refractivity contribution in [1.82, 2.24) is 15.1 Å². The van der Waals surface area contributed by atoms with Gasteiger partial charge in [0.05, 0.1) is 24.0 Å². The third-order valence-electron chi connectivity index (χ3n) is 2.51. The highest BCUT2D eigenvalue weighted by Gasteiger charge is 2.23. The van der Waals surface area contributed by atoms with Crippen molar-refractivity contribution in [3.8, 4) is 0 Å². The lowest BCUT2D eigenvalue weighted by Gasteiger charge is -2.26. The summed E-state index contributed by atoms with van der Waals surface area (Å²) in [5, 5.41) is 18.4. The van der Waals surface area contributed by atoms with Crippen molar-refractivity contribution in [1.29, 1.82) is 0 Å². The van der Waals surface area contributed by atoms with Gasteiger partial charge in [0, 0.05) is 13.2 Å². The van der Waals surface area contributed by atoms with E-state index < -0.39 is 5.54 Å². The highest BCUT2D eigenvalue weighted by atomic mass is 16.3. The van der Waals surface area contributed by atoms with Crippen molar-refractivity contribution in [2.24, 2.45) is 7.05 Å². The van der Waals surface area contributed by atoms with Crippen molar-refractivity contribution >= 4 is 11.7 Å². The quantitative estimate of drug-likeness (QED) is 0.707. The molecule has 3 N–H and O–H groups in total. The zero-order valence-electron chi connectivity index (χ0n) is 9.82. The van der Waals surface area contributed by atoms with Gasteiger partial charge in [-0.1, -0.05) is 6.92 Å². The molecule has 0 saturated carbocycles. The van der Waals surface area contributed by atoms with Crippen LogP contribution < -0.4 is 10.6 Å². The van der Waals surface area contributed by atoms with Gasteiger partial charge in [0.2, 0.25) is 0 Å². The molecule has 90 valence electrons. The summed E-state index contributed by atoms with van der Waals surface area (Å²) in [6.07, 6.45) is 3.91. The van der Waals surface area contributed by atoms with Crippen LogP contribution >= 0.6 is 0 Å². The minimum atomic E-state index is -0.591. The lowest BCUT2D eigenvalue weighted by Crippen LogP contribution is -2.50. The van der Waals surface area contributed by atoms with Gasteiger partial charge < -0.3 is 15.7 Å². The Morgan fingerprint density at radius 1 is 1.69 bits per heavy atom. The van der Waals surface area contributed by atoms with Crippen LogP contribution in [0, 0.1) is 0 Å². The number of hydrogen-bond donors (Lipinski definition) is 3. The molecule has 0 fully saturated rings. The first-order valence-corrected chi connectivity index (χ1v) is 5.18. The molecular formula is C10H18N4O2. The molecule has 1 rings (SSSR count). The standard InChI is InChI=1S/C10H18N4O2/c1-4-10(2,7-15)13-9(16)12-8-5-11-14(3)6-8/h5-6,15H,4,7H2,1-3H3,(H2,12,13,16). The number of nitrogens with zero attached hydrogens (tertiary/aromatic N) is 2. The predicted octanol–water partition coefficient (Wildman–Crippen LogP) is 0.703. The topological polar surface area (TPSA) is 79.2 Å². The molecule has 1 aromatic heterocycles. The molecule has 0 aliphatic heterocycles. The van der Waals surface area contributed by atoms with Gasteiger partial charge in [-0.15, -0.1) is 0 Å². The molecule has 1 heterocycles. The average molecular weight is 226 g/mol. The van der Waals surface area contributed by atoms with Crippen LogP contribution in [-0.4, -0.2) is 33.1 Å². The van der Waals surface area contributed by atoms with Gasteiger partial charge in [-0.2, -0.15) is 5.10 Å². The van der Waals surface area contributed by atoms with Gasteiger partial charge in [-0.05, 0) is 13.3 Å². The molecule has 1 aromatic rings.